The SMILES string of the molecule is CC(=O)N[C@H]1COC2(CCN(C(=O)c3cnc(C4CC4)nc3)CC2)C[C@]1(C)O. The summed E-state index contributed by atoms with van der Waals surface area (Å²) in [6, 6.07) is -0.419. The van der Waals surface area contributed by atoms with E-state index in [-0.39, 0.29) is 18.4 Å². The number of aliphatic hydroxyl groups is 1. The van der Waals surface area contributed by atoms with Crippen LogP contribution in [-0.2, 0) is 9.53 Å². The van der Waals surface area contributed by atoms with Crippen LogP contribution in [-0.4, -0.2) is 68.7 Å². The van der Waals surface area contributed by atoms with Crippen LogP contribution in [0, 0.1) is 0 Å². The molecule has 8 heteroatoms. The fourth-order valence-electron chi connectivity index (χ4n) is 4.33. The third-order valence-corrected chi connectivity index (χ3v) is 6.19. The van der Waals surface area contributed by atoms with Crippen LogP contribution in [0.2, 0.25) is 0 Å². The summed E-state index contributed by atoms with van der Waals surface area (Å²) in [5.41, 5.74) is -0.980. The van der Waals surface area contributed by atoms with Crippen molar-refractivity contribution in [2.24, 2.45) is 0 Å². The molecule has 0 aromatic carbocycles. The highest BCUT2D eigenvalue weighted by atomic mass is 16.5. The summed E-state index contributed by atoms with van der Waals surface area (Å²) in [5, 5.41) is 13.6. The normalized spacial score (nSPS) is 29.5. The molecule has 1 aromatic heterocycles. The lowest BCUT2D eigenvalue weighted by atomic mass is 9.75. The van der Waals surface area contributed by atoms with Crippen molar-refractivity contribution in [3.05, 3.63) is 23.8 Å². The molecule has 4 rings (SSSR count). The quantitative estimate of drug-likeness (QED) is 0.801. The zero-order valence-electron chi connectivity index (χ0n) is 16.5. The Bertz CT molecular complexity index is 752. The van der Waals surface area contributed by atoms with Crippen molar-refractivity contribution >= 4 is 11.8 Å². The van der Waals surface area contributed by atoms with Crippen LogP contribution in [0.25, 0.3) is 0 Å². The molecule has 2 saturated heterocycles. The van der Waals surface area contributed by atoms with Crippen molar-refractivity contribution in [2.75, 3.05) is 19.7 Å². The van der Waals surface area contributed by atoms with Gasteiger partial charge < -0.3 is 20.1 Å². The van der Waals surface area contributed by atoms with E-state index in [4.69, 9.17) is 4.74 Å². The van der Waals surface area contributed by atoms with Gasteiger partial charge in [0.1, 0.15) is 5.82 Å². The number of nitrogens with zero attached hydrogens (tertiary/aromatic N) is 3. The van der Waals surface area contributed by atoms with Crippen LogP contribution >= 0.6 is 0 Å². The molecular formula is C20H28N4O4. The van der Waals surface area contributed by atoms with E-state index in [0.29, 0.717) is 43.8 Å². The smallest absolute Gasteiger partial charge is 0.256 e. The van der Waals surface area contributed by atoms with Gasteiger partial charge in [-0.3, -0.25) is 9.59 Å². The predicted octanol–water partition coefficient (Wildman–Crippen LogP) is 1.00. The van der Waals surface area contributed by atoms with E-state index in [1.807, 2.05) is 0 Å². The van der Waals surface area contributed by atoms with Crippen LogP contribution < -0.4 is 5.32 Å². The summed E-state index contributed by atoms with van der Waals surface area (Å²) in [6.07, 6.45) is 7.28. The van der Waals surface area contributed by atoms with Crippen molar-refractivity contribution < 1.29 is 19.4 Å². The van der Waals surface area contributed by atoms with E-state index in [1.165, 1.54) is 6.92 Å². The van der Waals surface area contributed by atoms with E-state index < -0.39 is 17.2 Å². The van der Waals surface area contributed by atoms with Gasteiger partial charge in [-0.05, 0) is 32.6 Å². The van der Waals surface area contributed by atoms with Gasteiger partial charge in [0.15, 0.2) is 0 Å². The number of ether oxygens (including phenoxy) is 1. The third kappa shape index (κ3) is 3.89. The molecule has 3 aliphatic rings. The number of hydrogen-bond acceptors (Lipinski definition) is 6. The van der Waals surface area contributed by atoms with E-state index >= 15 is 0 Å². The van der Waals surface area contributed by atoms with Crippen molar-refractivity contribution in [1.82, 2.24) is 20.2 Å². The second-order valence-corrected chi connectivity index (χ2v) is 8.68. The monoisotopic (exact) mass is 388 g/mol. The summed E-state index contributed by atoms with van der Waals surface area (Å²) in [6.45, 7) is 4.57. The maximum atomic E-state index is 12.8. The highest BCUT2D eigenvalue weighted by molar-refractivity contribution is 5.93. The number of carbonyl (C=O) groups is 2. The minimum absolute atomic E-state index is 0.0594. The highest BCUT2D eigenvalue weighted by Gasteiger charge is 2.49. The molecule has 152 valence electrons. The van der Waals surface area contributed by atoms with Gasteiger partial charge >= 0.3 is 0 Å². The van der Waals surface area contributed by atoms with E-state index in [2.05, 4.69) is 15.3 Å². The molecule has 2 amide bonds. The Morgan fingerprint density at radius 3 is 2.43 bits per heavy atom. The Morgan fingerprint density at radius 1 is 1.25 bits per heavy atom. The number of amides is 2. The lowest BCUT2D eigenvalue weighted by Gasteiger charge is -2.51. The molecule has 28 heavy (non-hydrogen) atoms. The second kappa shape index (κ2) is 7.08. The topological polar surface area (TPSA) is 105 Å². The molecule has 2 aliphatic heterocycles. The summed E-state index contributed by atoms with van der Waals surface area (Å²) >= 11 is 0. The van der Waals surface area contributed by atoms with Crippen LogP contribution in [0.5, 0.6) is 0 Å². The molecule has 3 heterocycles. The molecule has 1 aromatic rings. The molecule has 2 atom stereocenters. The maximum Gasteiger partial charge on any atom is 0.256 e. The number of hydrogen-bond donors (Lipinski definition) is 2. The molecule has 1 aliphatic carbocycles. The Kier molecular flexibility index (Phi) is 4.87. The second-order valence-electron chi connectivity index (χ2n) is 8.68. The lowest BCUT2D eigenvalue weighted by molar-refractivity contribution is -0.187. The van der Waals surface area contributed by atoms with Gasteiger partial charge in [0.2, 0.25) is 5.91 Å². The maximum absolute atomic E-state index is 12.8. The Hall–Kier alpha value is -2.06. The summed E-state index contributed by atoms with van der Waals surface area (Å²) in [4.78, 5) is 34.6. The molecular weight excluding hydrogens is 360 g/mol. The molecule has 3 fully saturated rings. The molecule has 1 saturated carbocycles. The first-order chi connectivity index (χ1) is 13.3. The van der Waals surface area contributed by atoms with Gasteiger partial charge in [0, 0.05) is 44.7 Å². The average Bonchev–Trinajstić information content (AvgIpc) is 3.49. The number of likely N-dealkylation sites (tertiary alicyclic amines) is 1. The fourth-order valence-corrected chi connectivity index (χ4v) is 4.33. The van der Waals surface area contributed by atoms with Gasteiger partial charge in [-0.1, -0.05) is 0 Å². The van der Waals surface area contributed by atoms with Gasteiger partial charge in [-0.2, -0.15) is 0 Å². The van der Waals surface area contributed by atoms with Crippen LogP contribution in [0.15, 0.2) is 12.4 Å². The predicted molar refractivity (Wildman–Crippen MR) is 101 cm³/mol. The van der Waals surface area contributed by atoms with Gasteiger partial charge in [-0.15, -0.1) is 0 Å². The van der Waals surface area contributed by atoms with Crippen LogP contribution in [0.1, 0.15) is 68.1 Å². The van der Waals surface area contributed by atoms with Crippen LogP contribution in [0.4, 0.5) is 0 Å². The Labute approximate surface area is 164 Å². The number of rotatable bonds is 3. The number of piperidine rings is 1. The average molecular weight is 388 g/mol. The van der Waals surface area contributed by atoms with Crippen molar-refractivity contribution in [1.29, 1.82) is 0 Å². The minimum atomic E-state index is -1.04. The Balaban J connectivity index is 1.36. The first-order valence-electron chi connectivity index (χ1n) is 10.0. The lowest BCUT2D eigenvalue weighted by Crippen LogP contribution is -2.64. The van der Waals surface area contributed by atoms with E-state index in [9.17, 15) is 14.7 Å². The van der Waals surface area contributed by atoms with Crippen LogP contribution in [0.3, 0.4) is 0 Å². The first kappa shape index (κ1) is 19.3. The Morgan fingerprint density at radius 2 is 1.89 bits per heavy atom. The molecule has 0 bridgehead atoms. The zero-order valence-corrected chi connectivity index (χ0v) is 16.5. The largest absolute Gasteiger partial charge is 0.388 e. The van der Waals surface area contributed by atoms with Gasteiger partial charge in [0.25, 0.3) is 5.91 Å². The van der Waals surface area contributed by atoms with Gasteiger partial charge in [0.05, 0.1) is 29.4 Å². The molecule has 2 N–H and O–H groups in total. The van der Waals surface area contributed by atoms with E-state index in [1.54, 1.807) is 24.2 Å². The minimum Gasteiger partial charge on any atom is -0.388 e. The van der Waals surface area contributed by atoms with Crippen molar-refractivity contribution in [3.8, 4) is 0 Å². The zero-order chi connectivity index (χ0) is 19.9. The number of aromatic nitrogens is 2. The third-order valence-electron chi connectivity index (χ3n) is 6.19. The molecule has 8 nitrogen and oxygen atoms in total. The van der Waals surface area contributed by atoms with Crippen molar-refractivity contribution in [2.45, 2.75) is 69.1 Å². The number of carbonyl (C=O) groups excluding carboxylic acids is 2. The van der Waals surface area contributed by atoms with E-state index in [0.717, 1.165) is 18.7 Å². The highest BCUT2D eigenvalue weighted by Crippen LogP contribution is 2.40. The standard InChI is InChI=1S/C20H28N4O4/c1-13(25)23-16-11-28-20(12-19(16,2)27)5-7-24(8-6-20)18(26)15-9-21-17(22-10-15)14-3-4-14/h9-10,14,16,27H,3-8,11-12H2,1-2H3,(H,23,25)/t16-,19-/m0/s1. The summed E-state index contributed by atoms with van der Waals surface area (Å²) in [7, 11) is 0. The fraction of sp³-hybridized carbons (Fsp3) is 0.700. The summed E-state index contributed by atoms with van der Waals surface area (Å²) in [5.74, 6) is 1.06. The molecule has 0 radical (unpaired) electrons. The van der Waals surface area contributed by atoms with Crippen molar-refractivity contribution in [3.63, 3.8) is 0 Å². The molecule has 1 spiro atoms. The first-order valence-corrected chi connectivity index (χ1v) is 10.0. The van der Waals surface area contributed by atoms with Gasteiger partial charge in [-0.25, -0.2) is 9.97 Å². The number of nitrogens with one attached hydrogen (secondary N) is 1. The summed E-state index contributed by atoms with van der Waals surface area (Å²) < 4.78 is 6.10. The molecule has 0 unspecified atom stereocenters.